The predicted molar refractivity (Wildman–Crippen MR) is 68.8 cm³/mol. The molecule has 2 N–H and O–H groups in total. The third kappa shape index (κ3) is 3.48. The van der Waals surface area contributed by atoms with Gasteiger partial charge in [0.25, 0.3) is 0 Å². The molecule has 0 fully saturated rings. The van der Waals surface area contributed by atoms with Crippen LogP contribution in [0.4, 0.5) is 0 Å². The maximum absolute atomic E-state index is 10.5. The van der Waals surface area contributed by atoms with Crippen molar-refractivity contribution in [3.05, 3.63) is 34.9 Å². The summed E-state index contributed by atoms with van der Waals surface area (Å²) in [5.74, 6) is 0. The van der Waals surface area contributed by atoms with Crippen LogP contribution in [0.3, 0.4) is 0 Å². The summed E-state index contributed by atoms with van der Waals surface area (Å²) in [7, 11) is 0. The number of rotatable bonds is 5. The largest absolute Gasteiger partial charge is 0.384 e. The van der Waals surface area contributed by atoms with Crippen LogP contribution < -0.4 is 5.32 Å². The average molecular weight is 242 g/mol. The van der Waals surface area contributed by atoms with Gasteiger partial charge in [-0.3, -0.25) is 0 Å². The lowest BCUT2D eigenvalue weighted by Crippen LogP contribution is -2.40. The van der Waals surface area contributed by atoms with E-state index in [9.17, 15) is 5.11 Å². The Morgan fingerprint density at radius 3 is 2.62 bits per heavy atom. The molecule has 2 nitrogen and oxygen atoms in total. The van der Waals surface area contributed by atoms with Gasteiger partial charge >= 0.3 is 0 Å². The Morgan fingerprint density at radius 2 is 2.12 bits per heavy atom. The molecule has 0 aliphatic carbocycles. The highest BCUT2D eigenvalue weighted by atomic mass is 35.5. The van der Waals surface area contributed by atoms with E-state index in [1.807, 2.05) is 31.2 Å². The first-order valence-corrected chi connectivity index (χ1v) is 6.07. The third-order valence-corrected chi connectivity index (χ3v) is 2.98. The van der Waals surface area contributed by atoms with Crippen molar-refractivity contribution in [3.63, 3.8) is 0 Å². The first-order valence-electron chi connectivity index (χ1n) is 5.70. The van der Waals surface area contributed by atoms with Crippen molar-refractivity contribution in [2.45, 2.75) is 38.8 Å². The zero-order valence-electron chi connectivity index (χ0n) is 10.1. The van der Waals surface area contributed by atoms with Crippen molar-refractivity contribution < 1.29 is 5.11 Å². The van der Waals surface area contributed by atoms with Crippen LogP contribution in [0, 0.1) is 0 Å². The fourth-order valence-electron chi connectivity index (χ4n) is 1.58. The fraction of sp³-hybridized carbons (Fsp3) is 0.538. The zero-order valence-corrected chi connectivity index (χ0v) is 10.9. The lowest BCUT2D eigenvalue weighted by atomic mass is 9.91. The first kappa shape index (κ1) is 13.5. The van der Waals surface area contributed by atoms with Gasteiger partial charge in [-0.05, 0) is 24.1 Å². The summed E-state index contributed by atoms with van der Waals surface area (Å²) in [4.78, 5) is 0. The fourth-order valence-corrected chi connectivity index (χ4v) is 1.77. The minimum absolute atomic E-state index is 0.359. The molecule has 0 bridgehead atoms. The molecular weight excluding hydrogens is 222 g/mol. The topological polar surface area (TPSA) is 32.3 Å². The Balaban J connectivity index is 2.86. The molecule has 1 unspecified atom stereocenters. The number of benzene rings is 1. The van der Waals surface area contributed by atoms with Crippen molar-refractivity contribution in [1.82, 2.24) is 5.32 Å². The van der Waals surface area contributed by atoms with Gasteiger partial charge in [0.05, 0.1) is 0 Å². The normalized spacial score (nSPS) is 15.1. The molecule has 1 atom stereocenters. The standard InChI is InChI=1S/C13H20ClNO/c1-4-13(16,9-15-10(2)3)11-6-5-7-12(14)8-11/h5-8,10,15-16H,4,9H2,1-3H3. The Kier molecular flexibility index (Phi) is 4.78. The second-order valence-corrected chi connectivity index (χ2v) is 4.87. The molecule has 90 valence electrons. The van der Waals surface area contributed by atoms with Gasteiger partial charge in [0, 0.05) is 17.6 Å². The number of aliphatic hydroxyl groups is 1. The molecule has 0 aromatic heterocycles. The van der Waals surface area contributed by atoms with Crippen LogP contribution >= 0.6 is 11.6 Å². The molecule has 16 heavy (non-hydrogen) atoms. The smallest absolute Gasteiger partial charge is 0.102 e. The Bertz CT molecular complexity index is 340. The SMILES string of the molecule is CCC(O)(CNC(C)C)c1cccc(Cl)c1. The van der Waals surface area contributed by atoms with Gasteiger partial charge in [0.1, 0.15) is 5.60 Å². The van der Waals surface area contributed by atoms with Crippen molar-refractivity contribution in [2.75, 3.05) is 6.54 Å². The molecule has 0 aliphatic heterocycles. The molecule has 0 amide bonds. The molecule has 0 heterocycles. The van der Waals surface area contributed by atoms with E-state index in [0.717, 1.165) is 5.56 Å². The summed E-state index contributed by atoms with van der Waals surface area (Å²) in [6.07, 6.45) is 0.660. The van der Waals surface area contributed by atoms with Crippen LogP contribution in [0.25, 0.3) is 0 Å². The third-order valence-electron chi connectivity index (χ3n) is 2.75. The highest BCUT2D eigenvalue weighted by Crippen LogP contribution is 2.26. The number of hydrogen-bond acceptors (Lipinski definition) is 2. The molecule has 3 heteroatoms. The Morgan fingerprint density at radius 1 is 1.44 bits per heavy atom. The Hall–Kier alpha value is -0.570. The molecular formula is C13H20ClNO. The van der Waals surface area contributed by atoms with Gasteiger partial charge in [-0.1, -0.05) is 44.5 Å². The van der Waals surface area contributed by atoms with E-state index in [4.69, 9.17) is 11.6 Å². The van der Waals surface area contributed by atoms with Crippen molar-refractivity contribution >= 4 is 11.6 Å². The lowest BCUT2D eigenvalue weighted by Gasteiger charge is -2.29. The second-order valence-electron chi connectivity index (χ2n) is 4.43. The molecule has 0 saturated heterocycles. The van der Waals surface area contributed by atoms with Gasteiger partial charge in [0.15, 0.2) is 0 Å². The average Bonchev–Trinajstić information content (AvgIpc) is 2.26. The zero-order chi connectivity index (χ0) is 12.2. The monoisotopic (exact) mass is 241 g/mol. The number of hydrogen-bond donors (Lipinski definition) is 2. The summed E-state index contributed by atoms with van der Waals surface area (Å²) < 4.78 is 0. The summed E-state index contributed by atoms with van der Waals surface area (Å²) in [5, 5.41) is 14.5. The van der Waals surface area contributed by atoms with Gasteiger partial charge in [-0.15, -0.1) is 0 Å². The highest BCUT2D eigenvalue weighted by molar-refractivity contribution is 6.30. The predicted octanol–water partition coefficient (Wildman–Crippen LogP) is 2.94. The molecule has 1 aromatic rings. The van der Waals surface area contributed by atoms with Gasteiger partial charge < -0.3 is 10.4 Å². The van der Waals surface area contributed by atoms with Crippen LogP contribution in [0.5, 0.6) is 0 Å². The maximum Gasteiger partial charge on any atom is 0.102 e. The van der Waals surface area contributed by atoms with Crippen molar-refractivity contribution in [2.24, 2.45) is 0 Å². The van der Waals surface area contributed by atoms with Crippen LogP contribution in [-0.2, 0) is 5.60 Å². The highest BCUT2D eigenvalue weighted by Gasteiger charge is 2.27. The first-order chi connectivity index (χ1) is 7.48. The summed E-state index contributed by atoms with van der Waals surface area (Å²) >= 11 is 5.94. The maximum atomic E-state index is 10.5. The molecule has 0 spiro atoms. The summed E-state index contributed by atoms with van der Waals surface area (Å²) in [5.41, 5.74) is 0.0328. The van der Waals surface area contributed by atoms with E-state index in [2.05, 4.69) is 19.2 Å². The minimum Gasteiger partial charge on any atom is -0.384 e. The molecule has 0 saturated carbocycles. The number of halogens is 1. The molecule has 0 radical (unpaired) electrons. The van der Waals surface area contributed by atoms with Crippen LogP contribution in [-0.4, -0.2) is 17.7 Å². The van der Waals surface area contributed by atoms with Gasteiger partial charge in [0.2, 0.25) is 0 Å². The molecule has 1 rings (SSSR count). The van der Waals surface area contributed by atoms with Gasteiger partial charge in [-0.2, -0.15) is 0 Å². The van der Waals surface area contributed by atoms with Crippen molar-refractivity contribution in [1.29, 1.82) is 0 Å². The van der Waals surface area contributed by atoms with Crippen LogP contribution in [0.15, 0.2) is 24.3 Å². The van der Waals surface area contributed by atoms with E-state index in [-0.39, 0.29) is 0 Å². The van der Waals surface area contributed by atoms with Crippen molar-refractivity contribution in [3.8, 4) is 0 Å². The quantitative estimate of drug-likeness (QED) is 0.831. The minimum atomic E-state index is -0.838. The van der Waals surface area contributed by atoms with E-state index in [1.54, 1.807) is 0 Å². The van der Waals surface area contributed by atoms with E-state index in [1.165, 1.54) is 0 Å². The summed E-state index contributed by atoms with van der Waals surface area (Å²) in [6, 6.07) is 7.78. The van der Waals surface area contributed by atoms with Gasteiger partial charge in [-0.25, -0.2) is 0 Å². The van der Waals surface area contributed by atoms with E-state index < -0.39 is 5.60 Å². The van der Waals surface area contributed by atoms with Crippen LogP contribution in [0.1, 0.15) is 32.8 Å². The second kappa shape index (κ2) is 5.67. The molecule has 0 aliphatic rings. The Labute approximate surface area is 103 Å². The number of nitrogens with one attached hydrogen (secondary N) is 1. The van der Waals surface area contributed by atoms with Crippen LogP contribution in [0.2, 0.25) is 5.02 Å². The lowest BCUT2D eigenvalue weighted by molar-refractivity contribution is 0.0308. The molecule has 1 aromatic carbocycles. The summed E-state index contributed by atoms with van der Waals surface area (Å²) in [6.45, 7) is 6.65. The van der Waals surface area contributed by atoms with E-state index >= 15 is 0 Å². The van der Waals surface area contributed by atoms with E-state index in [0.29, 0.717) is 24.0 Å².